The number of carbonyl (C=O) groups is 3. The topological polar surface area (TPSA) is 78.9 Å². The van der Waals surface area contributed by atoms with Gasteiger partial charge in [-0.3, -0.25) is 14.4 Å². The van der Waals surface area contributed by atoms with E-state index >= 15 is 0 Å². The molecule has 6 heteroatoms. The van der Waals surface area contributed by atoms with Crippen molar-refractivity contribution in [2.75, 3.05) is 13.2 Å². The van der Waals surface area contributed by atoms with E-state index in [-0.39, 0.29) is 31.1 Å². The number of carbonyl (C=O) groups excluding carboxylic acids is 3. The fourth-order valence-electron chi connectivity index (χ4n) is 9.18. The van der Waals surface area contributed by atoms with Crippen LogP contribution in [0.3, 0.4) is 0 Å². The number of rotatable bonds is 57. The molecule has 0 spiro atoms. The highest BCUT2D eigenvalue weighted by Gasteiger charge is 2.19. The van der Waals surface area contributed by atoms with Crippen molar-refractivity contribution in [2.24, 2.45) is 0 Å². The second-order valence-corrected chi connectivity index (χ2v) is 21.0. The van der Waals surface area contributed by atoms with Crippen molar-refractivity contribution < 1.29 is 28.6 Å². The first-order valence-corrected chi connectivity index (χ1v) is 31.0. The molecule has 0 heterocycles. The number of esters is 3. The Morgan fingerprint density at radius 2 is 0.543 bits per heavy atom. The predicted molar refractivity (Wildman–Crippen MR) is 302 cm³/mol. The lowest BCUT2D eigenvalue weighted by Gasteiger charge is -2.18. The molecule has 0 radical (unpaired) electrons. The molecule has 0 aromatic heterocycles. The van der Waals surface area contributed by atoms with E-state index in [4.69, 9.17) is 14.2 Å². The average molecular weight is 984 g/mol. The third-order valence-electron chi connectivity index (χ3n) is 13.8. The van der Waals surface area contributed by atoms with Crippen LogP contribution < -0.4 is 0 Å². The first-order chi connectivity index (χ1) is 34.5. The van der Waals surface area contributed by atoms with Crippen molar-refractivity contribution in [3.05, 3.63) is 36.5 Å². The molecule has 0 amide bonds. The van der Waals surface area contributed by atoms with Crippen LogP contribution in [0.1, 0.15) is 335 Å². The molecule has 1 atom stereocenters. The van der Waals surface area contributed by atoms with Gasteiger partial charge < -0.3 is 14.2 Å². The van der Waals surface area contributed by atoms with Crippen LogP contribution in [0.15, 0.2) is 36.5 Å². The largest absolute Gasteiger partial charge is 0.462 e. The fraction of sp³-hybridized carbons (Fsp3) is 0.859. The van der Waals surface area contributed by atoms with Gasteiger partial charge in [0.15, 0.2) is 6.10 Å². The van der Waals surface area contributed by atoms with Gasteiger partial charge in [0.25, 0.3) is 0 Å². The minimum atomic E-state index is -0.774. The summed E-state index contributed by atoms with van der Waals surface area (Å²) < 4.78 is 16.8. The van der Waals surface area contributed by atoms with Crippen LogP contribution in [-0.2, 0) is 28.6 Å². The highest BCUT2D eigenvalue weighted by molar-refractivity contribution is 5.71. The molecular weight excluding hydrogens is 865 g/mol. The summed E-state index contributed by atoms with van der Waals surface area (Å²) in [6.07, 6.45) is 71.9. The fourth-order valence-corrected chi connectivity index (χ4v) is 9.18. The van der Waals surface area contributed by atoms with Crippen LogP contribution in [0.5, 0.6) is 0 Å². The number of unbranched alkanes of at least 4 members (excludes halogenated alkanes) is 40. The average Bonchev–Trinajstić information content (AvgIpc) is 3.36. The van der Waals surface area contributed by atoms with Gasteiger partial charge in [-0.05, 0) is 70.6 Å². The van der Waals surface area contributed by atoms with Gasteiger partial charge in [0.1, 0.15) is 13.2 Å². The van der Waals surface area contributed by atoms with Crippen LogP contribution in [0, 0.1) is 0 Å². The van der Waals surface area contributed by atoms with Gasteiger partial charge in [0, 0.05) is 19.3 Å². The highest BCUT2D eigenvalue weighted by atomic mass is 16.6. The summed E-state index contributed by atoms with van der Waals surface area (Å²) >= 11 is 0. The Bertz CT molecular complexity index is 1170. The van der Waals surface area contributed by atoms with Gasteiger partial charge in [-0.25, -0.2) is 0 Å². The monoisotopic (exact) mass is 983 g/mol. The smallest absolute Gasteiger partial charge is 0.306 e. The molecule has 0 rings (SSSR count). The van der Waals surface area contributed by atoms with Crippen molar-refractivity contribution in [3.63, 3.8) is 0 Å². The van der Waals surface area contributed by atoms with Gasteiger partial charge in [-0.2, -0.15) is 0 Å². The first-order valence-electron chi connectivity index (χ1n) is 31.0. The summed E-state index contributed by atoms with van der Waals surface area (Å²) in [7, 11) is 0. The third-order valence-corrected chi connectivity index (χ3v) is 13.8. The molecule has 0 aliphatic heterocycles. The third kappa shape index (κ3) is 56.5. The normalized spacial score (nSPS) is 12.2. The minimum Gasteiger partial charge on any atom is -0.462 e. The van der Waals surface area contributed by atoms with Gasteiger partial charge in [-0.1, -0.05) is 282 Å². The molecule has 0 saturated heterocycles. The van der Waals surface area contributed by atoms with Gasteiger partial charge in [0.2, 0.25) is 0 Å². The minimum absolute atomic E-state index is 0.0738. The SMILES string of the molecule is CCC/C=C\C/C=C\CCCCCCCC(=O)OC(COC(=O)CCCCCCCCCC)COC(=O)CCCCCCCCCCCCCCCCCCCCC/C=C\CCCCCCCCCC. The van der Waals surface area contributed by atoms with E-state index in [9.17, 15) is 14.4 Å². The molecule has 1 unspecified atom stereocenters. The molecule has 6 nitrogen and oxygen atoms in total. The zero-order chi connectivity index (χ0) is 50.7. The maximum absolute atomic E-state index is 12.8. The second-order valence-electron chi connectivity index (χ2n) is 21.0. The van der Waals surface area contributed by atoms with Gasteiger partial charge in [-0.15, -0.1) is 0 Å². The van der Waals surface area contributed by atoms with Crippen LogP contribution in [0.25, 0.3) is 0 Å². The Labute approximate surface area is 435 Å². The Balaban J connectivity index is 3.99. The van der Waals surface area contributed by atoms with E-state index in [1.807, 2.05) is 0 Å². The summed E-state index contributed by atoms with van der Waals surface area (Å²) in [6.45, 7) is 6.57. The second kappa shape index (κ2) is 59.2. The lowest BCUT2D eigenvalue weighted by atomic mass is 10.0. The van der Waals surface area contributed by atoms with Crippen molar-refractivity contribution >= 4 is 17.9 Å². The van der Waals surface area contributed by atoms with E-state index in [2.05, 4.69) is 57.2 Å². The summed E-state index contributed by atoms with van der Waals surface area (Å²) in [5.74, 6) is -0.877. The molecule has 70 heavy (non-hydrogen) atoms. The van der Waals surface area contributed by atoms with E-state index in [0.717, 1.165) is 89.9 Å². The van der Waals surface area contributed by atoms with Crippen molar-refractivity contribution in [1.82, 2.24) is 0 Å². The summed E-state index contributed by atoms with van der Waals surface area (Å²) in [6, 6.07) is 0. The van der Waals surface area contributed by atoms with Crippen molar-refractivity contribution in [3.8, 4) is 0 Å². The van der Waals surface area contributed by atoms with E-state index in [0.29, 0.717) is 19.3 Å². The Kier molecular flexibility index (Phi) is 57.2. The van der Waals surface area contributed by atoms with Gasteiger partial charge >= 0.3 is 17.9 Å². The molecule has 0 saturated carbocycles. The maximum Gasteiger partial charge on any atom is 0.306 e. The molecule has 410 valence electrons. The number of allylic oxidation sites excluding steroid dienone is 6. The van der Waals surface area contributed by atoms with E-state index in [1.54, 1.807) is 0 Å². The molecule has 0 aliphatic rings. The number of hydrogen-bond acceptors (Lipinski definition) is 6. The number of ether oxygens (including phenoxy) is 3. The van der Waals surface area contributed by atoms with Crippen LogP contribution >= 0.6 is 0 Å². The van der Waals surface area contributed by atoms with Crippen LogP contribution in [0.2, 0.25) is 0 Å². The molecule has 0 fully saturated rings. The maximum atomic E-state index is 12.8. The van der Waals surface area contributed by atoms with Crippen LogP contribution in [-0.4, -0.2) is 37.2 Å². The first kappa shape index (κ1) is 67.6. The Morgan fingerprint density at radius 1 is 0.286 bits per heavy atom. The van der Waals surface area contributed by atoms with E-state index < -0.39 is 6.10 Å². The lowest BCUT2D eigenvalue weighted by molar-refractivity contribution is -0.167. The molecule has 0 N–H and O–H groups in total. The molecule has 0 aliphatic carbocycles. The quantitative estimate of drug-likeness (QED) is 0.0261. The standard InChI is InChI=1S/C64H118O6/c1-4-7-10-13-16-19-21-23-24-25-26-27-28-29-30-31-32-33-34-35-36-37-38-39-40-42-43-45-48-51-54-57-63(66)69-60-61(59-68-62(65)56-53-50-47-18-15-12-9-6-3)70-64(67)58-55-52-49-46-44-41-22-20-17-14-11-8-5-2/h11,14,20,22,25-26,61H,4-10,12-13,15-19,21,23-24,27-60H2,1-3H3/b14-11-,22-20-,26-25-. The highest BCUT2D eigenvalue weighted by Crippen LogP contribution is 2.17. The molecule has 0 aromatic rings. The summed E-state index contributed by atoms with van der Waals surface area (Å²) in [5, 5.41) is 0. The zero-order valence-electron chi connectivity index (χ0n) is 47.1. The van der Waals surface area contributed by atoms with Crippen molar-refractivity contribution in [2.45, 2.75) is 341 Å². The zero-order valence-corrected chi connectivity index (χ0v) is 47.1. The lowest BCUT2D eigenvalue weighted by Crippen LogP contribution is -2.30. The Morgan fingerprint density at radius 3 is 0.857 bits per heavy atom. The van der Waals surface area contributed by atoms with Gasteiger partial charge in [0.05, 0.1) is 0 Å². The summed E-state index contributed by atoms with van der Waals surface area (Å²) in [4.78, 5) is 38.0. The predicted octanol–water partition coefficient (Wildman–Crippen LogP) is 20.8. The molecule has 0 aromatic carbocycles. The van der Waals surface area contributed by atoms with Crippen molar-refractivity contribution in [1.29, 1.82) is 0 Å². The summed E-state index contributed by atoms with van der Waals surface area (Å²) in [5.41, 5.74) is 0. The van der Waals surface area contributed by atoms with Crippen LogP contribution in [0.4, 0.5) is 0 Å². The Hall–Kier alpha value is -2.37. The molecule has 0 bridgehead atoms. The van der Waals surface area contributed by atoms with E-state index in [1.165, 1.54) is 205 Å². The number of hydrogen-bond donors (Lipinski definition) is 0. The molecular formula is C64H118O6.